The van der Waals surface area contributed by atoms with Crippen molar-refractivity contribution in [3.05, 3.63) is 77.4 Å². The molecule has 0 saturated carbocycles. The number of tetrazole rings is 1. The third-order valence-corrected chi connectivity index (χ3v) is 6.77. The molecule has 0 bridgehead atoms. The van der Waals surface area contributed by atoms with Crippen molar-refractivity contribution in [2.75, 3.05) is 26.2 Å². The Morgan fingerprint density at radius 3 is 2.83 bits per heavy atom. The summed E-state index contributed by atoms with van der Waals surface area (Å²) in [6.45, 7) is 5.31. The number of piperazine rings is 1. The quantitative estimate of drug-likeness (QED) is 0.608. The summed E-state index contributed by atoms with van der Waals surface area (Å²) in [5, 5.41) is 12.8. The minimum absolute atomic E-state index is 0.0476. The highest BCUT2D eigenvalue weighted by molar-refractivity contribution is 5.23. The summed E-state index contributed by atoms with van der Waals surface area (Å²) >= 11 is 0. The van der Waals surface area contributed by atoms with Crippen LogP contribution in [0.1, 0.15) is 35.8 Å². The van der Waals surface area contributed by atoms with Crippen molar-refractivity contribution >= 4 is 0 Å². The van der Waals surface area contributed by atoms with E-state index in [-0.39, 0.29) is 11.9 Å². The maximum atomic E-state index is 14.1. The first-order valence-electron chi connectivity index (χ1n) is 11.0. The van der Waals surface area contributed by atoms with Crippen molar-refractivity contribution in [3.63, 3.8) is 0 Å². The standard InChI is InChI=1S/C23H27FN6/c24-20-9-4-8-19(16-20)22(29-15-14-28-12-5-10-21(28)17-29)23-25-26-27-30(23)13-11-18-6-2-1-3-7-18/h1-4,6-9,16,21-22H,5,10-15,17H2/p+2/t21-,22-/m1/s1. The smallest absolute Gasteiger partial charge is 0.214 e. The van der Waals surface area contributed by atoms with Gasteiger partial charge in [0.15, 0.2) is 6.04 Å². The van der Waals surface area contributed by atoms with Gasteiger partial charge in [0.2, 0.25) is 5.82 Å². The van der Waals surface area contributed by atoms with Crippen LogP contribution in [-0.2, 0) is 13.0 Å². The number of rotatable bonds is 6. The molecular weight excluding hydrogens is 379 g/mol. The lowest BCUT2D eigenvalue weighted by Gasteiger charge is -2.36. The van der Waals surface area contributed by atoms with Crippen LogP contribution in [0.5, 0.6) is 0 Å². The molecule has 2 saturated heterocycles. The van der Waals surface area contributed by atoms with E-state index in [1.165, 1.54) is 35.9 Å². The van der Waals surface area contributed by atoms with Gasteiger partial charge in [0.25, 0.3) is 0 Å². The first-order valence-corrected chi connectivity index (χ1v) is 11.0. The lowest BCUT2D eigenvalue weighted by molar-refractivity contribution is -1.03. The summed E-state index contributed by atoms with van der Waals surface area (Å²) in [6, 6.07) is 18.0. The Morgan fingerprint density at radius 2 is 1.97 bits per heavy atom. The van der Waals surface area contributed by atoms with E-state index in [2.05, 4.69) is 39.8 Å². The zero-order chi connectivity index (χ0) is 20.3. The van der Waals surface area contributed by atoms with E-state index in [1.54, 1.807) is 17.0 Å². The summed E-state index contributed by atoms with van der Waals surface area (Å²) in [4.78, 5) is 3.19. The Kier molecular flexibility index (Phi) is 5.55. The number of halogens is 1. The molecule has 3 aromatic rings. The average molecular weight is 409 g/mol. The highest BCUT2D eigenvalue weighted by atomic mass is 19.1. The fourth-order valence-corrected chi connectivity index (χ4v) is 5.27. The molecule has 2 aliphatic heterocycles. The molecule has 2 aliphatic rings. The Balaban J connectivity index is 1.44. The van der Waals surface area contributed by atoms with Gasteiger partial charge in [-0.25, -0.2) is 9.07 Å². The molecule has 5 rings (SSSR count). The van der Waals surface area contributed by atoms with Gasteiger partial charge in [-0.3, -0.25) is 0 Å². The van der Waals surface area contributed by atoms with Gasteiger partial charge in [0.05, 0.1) is 6.54 Å². The Hall–Kier alpha value is -2.64. The normalized spacial score (nSPS) is 24.5. The van der Waals surface area contributed by atoms with Crippen molar-refractivity contribution in [1.29, 1.82) is 0 Å². The highest BCUT2D eigenvalue weighted by Gasteiger charge is 2.42. The number of nitrogens with zero attached hydrogens (tertiary/aromatic N) is 4. The molecule has 6 nitrogen and oxygen atoms in total. The number of aryl methyl sites for hydroxylation is 2. The molecule has 0 spiro atoms. The van der Waals surface area contributed by atoms with Crippen LogP contribution in [0.3, 0.4) is 0 Å². The maximum Gasteiger partial charge on any atom is 0.214 e. The average Bonchev–Trinajstić information content (AvgIpc) is 3.42. The number of aromatic nitrogens is 4. The fraction of sp³-hybridized carbons (Fsp3) is 0.435. The fourth-order valence-electron chi connectivity index (χ4n) is 5.27. The second-order valence-electron chi connectivity index (χ2n) is 8.59. The molecule has 30 heavy (non-hydrogen) atoms. The highest BCUT2D eigenvalue weighted by Crippen LogP contribution is 2.19. The second-order valence-corrected chi connectivity index (χ2v) is 8.59. The molecule has 1 aromatic heterocycles. The van der Waals surface area contributed by atoms with Crippen LogP contribution in [0.25, 0.3) is 0 Å². The van der Waals surface area contributed by atoms with Gasteiger partial charge < -0.3 is 9.80 Å². The van der Waals surface area contributed by atoms with Crippen molar-refractivity contribution in [2.45, 2.75) is 37.9 Å². The lowest BCUT2D eigenvalue weighted by Crippen LogP contribution is -3.29. The second kappa shape index (κ2) is 8.62. The predicted octanol–water partition coefficient (Wildman–Crippen LogP) is 0.0901. The number of quaternary nitrogens is 2. The zero-order valence-corrected chi connectivity index (χ0v) is 17.2. The molecule has 156 valence electrons. The third-order valence-electron chi connectivity index (χ3n) is 6.77. The van der Waals surface area contributed by atoms with E-state index in [0.29, 0.717) is 12.6 Å². The van der Waals surface area contributed by atoms with Gasteiger partial charge in [-0.2, -0.15) is 0 Å². The number of benzene rings is 2. The van der Waals surface area contributed by atoms with E-state index in [0.717, 1.165) is 37.4 Å². The molecule has 2 aromatic carbocycles. The van der Waals surface area contributed by atoms with E-state index in [4.69, 9.17) is 0 Å². The van der Waals surface area contributed by atoms with Gasteiger partial charge in [-0.05, 0) is 34.5 Å². The van der Waals surface area contributed by atoms with Crippen LogP contribution in [0.4, 0.5) is 4.39 Å². The van der Waals surface area contributed by atoms with E-state index < -0.39 is 0 Å². The third kappa shape index (κ3) is 4.00. The molecule has 0 radical (unpaired) electrons. The summed E-state index contributed by atoms with van der Waals surface area (Å²) in [5.74, 6) is 0.637. The zero-order valence-electron chi connectivity index (χ0n) is 17.2. The largest absolute Gasteiger partial charge is 0.323 e. The molecule has 3 heterocycles. The molecule has 2 unspecified atom stereocenters. The number of fused-ring (bicyclic) bond motifs is 1. The van der Waals surface area contributed by atoms with Gasteiger partial charge in [0.1, 0.15) is 31.5 Å². The SMILES string of the molecule is Fc1cccc([C@H](c2nnnn2CCc2ccccc2)[NH+]2CC[NH+]3CCC[C@@H]3C2)c1. The first-order chi connectivity index (χ1) is 14.8. The van der Waals surface area contributed by atoms with Gasteiger partial charge in [-0.1, -0.05) is 42.5 Å². The van der Waals surface area contributed by atoms with Crippen molar-refractivity contribution < 1.29 is 14.2 Å². The van der Waals surface area contributed by atoms with Crippen LogP contribution in [0.15, 0.2) is 54.6 Å². The minimum atomic E-state index is -0.203. The van der Waals surface area contributed by atoms with Crippen LogP contribution < -0.4 is 9.80 Å². The number of hydrogen-bond donors (Lipinski definition) is 2. The molecule has 2 N–H and O–H groups in total. The molecule has 4 atom stereocenters. The monoisotopic (exact) mass is 408 g/mol. The number of nitrogens with one attached hydrogen (secondary N) is 2. The Bertz CT molecular complexity index is 975. The van der Waals surface area contributed by atoms with Crippen molar-refractivity contribution in [2.24, 2.45) is 0 Å². The molecule has 0 aliphatic carbocycles. The molecule has 7 heteroatoms. The molecular formula is C23H29FN6+2. The van der Waals surface area contributed by atoms with Crippen molar-refractivity contribution in [1.82, 2.24) is 20.2 Å². The van der Waals surface area contributed by atoms with Crippen LogP contribution >= 0.6 is 0 Å². The Labute approximate surface area is 176 Å². The summed E-state index contributed by atoms with van der Waals surface area (Å²) in [7, 11) is 0. The van der Waals surface area contributed by atoms with Gasteiger partial charge in [0, 0.05) is 24.9 Å². The summed E-state index contributed by atoms with van der Waals surface area (Å²) < 4.78 is 16.1. The van der Waals surface area contributed by atoms with Crippen LogP contribution in [-0.4, -0.2) is 52.4 Å². The van der Waals surface area contributed by atoms with E-state index in [1.807, 2.05) is 16.8 Å². The van der Waals surface area contributed by atoms with Crippen LogP contribution in [0.2, 0.25) is 0 Å². The molecule has 0 amide bonds. The van der Waals surface area contributed by atoms with E-state index >= 15 is 0 Å². The molecule has 2 fully saturated rings. The van der Waals surface area contributed by atoms with Gasteiger partial charge >= 0.3 is 0 Å². The topological polar surface area (TPSA) is 52.5 Å². The van der Waals surface area contributed by atoms with Crippen LogP contribution in [0, 0.1) is 5.82 Å². The lowest BCUT2D eigenvalue weighted by atomic mass is 10.0. The number of hydrogen-bond acceptors (Lipinski definition) is 3. The Morgan fingerprint density at radius 1 is 1.07 bits per heavy atom. The summed E-state index contributed by atoms with van der Waals surface area (Å²) in [5.41, 5.74) is 2.22. The predicted molar refractivity (Wildman–Crippen MR) is 111 cm³/mol. The summed E-state index contributed by atoms with van der Waals surface area (Å²) in [6.07, 6.45) is 3.46. The minimum Gasteiger partial charge on any atom is -0.323 e. The first kappa shape index (κ1) is 19.3. The maximum absolute atomic E-state index is 14.1. The van der Waals surface area contributed by atoms with Gasteiger partial charge in [-0.15, -0.1) is 5.10 Å². The van der Waals surface area contributed by atoms with E-state index in [9.17, 15) is 4.39 Å². The van der Waals surface area contributed by atoms with Crippen molar-refractivity contribution in [3.8, 4) is 0 Å².